The summed E-state index contributed by atoms with van der Waals surface area (Å²) in [7, 11) is 1.40. The van der Waals surface area contributed by atoms with Crippen LogP contribution in [0, 0.1) is 0 Å². The van der Waals surface area contributed by atoms with Gasteiger partial charge >= 0.3 is 5.97 Å². The van der Waals surface area contributed by atoms with E-state index in [9.17, 15) is 25.2 Å². The molecule has 0 saturated carbocycles. The summed E-state index contributed by atoms with van der Waals surface area (Å²) in [6.45, 7) is 6.63. The summed E-state index contributed by atoms with van der Waals surface area (Å²) in [6, 6.07) is 0. The first-order valence-corrected chi connectivity index (χ1v) is 15.1. The minimum atomic E-state index is -0.456. The summed E-state index contributed by atoms with van der Waals surface area (Å²) in [5.74, 6) is 0.216. The number of esters is 1. The second-order valence-electron chi connectivity index (χ2n) is 9.26. The second-order valence-corrected chi connectivity index (χ2v) is 15.3. The van der Waals surface area contributed by atoms with E-state index in [1.54, 1.807) is 47.0 Å². The van der Waals surface area contributed by atoms with E-state index in [2.05, 4.69) is 20.8 Å². The van der Waals surface area contributed by atoms with E-state index in [-0.39, 0.29) is 41.9 Å². The van der Waals surface area contributed by atoms with Gasteiger partial charge in [0.05, 0.1) is 20.8 Å². The molecular formula is C24H36O6S4. The smallest absolute Gasteiger partial charge is 0.339 e. The van der Waals surface area contributed by atoms with Crippen molar-refractivity contribution in [1.29, 1.82) is 0 Å². The highest BCUT2D eigenvalue weighted by Crippen LogP contribution is 2.66. The molecule has 0 atom stereocenters. The Hall–Kier alpha value is -0.0700. The number of rotatable bonds is 11. The second kappa shape index (κ2) is 11.5. The van der Waals surface area contributed by atoms with E-state index >= 15 is 0 Å². The number of ether oxygens (including phenoxy) is 1. The first kappa shape index (κ1) is 28.5. The fourth-order valence-corrected chi connectivity index (χ4v) is 11.6. The van der Waals surface area contributed by atoms with Crippen LogP contribution in [0.1, 0.15) is 74.4 Å². The summed E-state index contributed by atoms with van der Waals surface area (Å²) < 4.78 is 4.42. The molecule has 1 aromatic carbocycles. The number of benzene rings is 1. The van der Waals surface area contributed by atoms with Crippen molar-refractivity contribution in [3.8, 4) is 0 Å². The molecule has 4 N–H and O–H groups in total. The first-order valence-electron chi connectivity index (χ1n) is 11.6. The average molecular weight is 549 g/mol. The van der Waals surface area contributed by atoms with Gasteiger partial charge in [0.15, 0.2) is 0 Å². The van der Waals surface area contributed by atoms with E-state index in [1.165, 1.54) is 12.7 Å². The van der Waals surface area contributed by atoms with Gasteiger partial charge in [0.2, 0.25) is 0 Å². The van der Waals surface area contributed by atoms with Crippen LogP contribution >= 0.6 is 47.0 Å². The third kappa shape index (κ3) is 5.30. The van der Waals surface area contributed by atoms with E-state index in [4.69, 9.17) is 4.74 Å². The third-order valence-corrected chi connectivity index (χ3v) is 13.5. The molecule has 0 spiro atoms. The van der Waals surface area contributed by atoms with Crippen molar-refractivity contribution in [3.63, 3.8) is 0 Å². The lowest BCUT2D eigenvalue weighted by atomic mass is 9.80. The fraction of sp³-hybridized carbons (Fsp3) is 0.708. The van der Waals surface area contributed by atoms with Crippen LogP contribution in [0.5, 0.6) is 0 Å². The van der Waals surface area contributed by atoms with E-state index in [1.807, 2.05) is 0 Å². The molecule has 2 aliphatic rings. The molecule has 10 heteroatoms. The molecule has 192 valence electrons. The molecule has 0 amide bonds. The van der Waals surface area contributed by atoms with Gasteiger partial charge in [0.25, 0.3) is 0 Å². The van der Waals surface area contributed by atoms with E-state index < -0.39 is 4.08 Å². The molecule has 0 bridgehead atoms. The maximum atomic E-state index is 13.2. The minimum Gasteiger partial charge on any atom is -0.465 e. The molecule has 6 nitrogen and oxygen atoms in total. The molecule has 0 unspecified atom stereocenters. The van der Waals surface area contributed by atoms with Crippen LogP contribution in [0.4, 0.5) is 0 Å². The summed E-state index contributed by atoms with van der Waals surface area (Å²) >= 11 is 6.59. The largest absolute Gasteiger partial charge is 0.465 e. The zero-order valence-corrected chi connectivity index (χ0v) is 23.6. The van der Waals surface area contributed by atoms with Gasteiger partial charge in [-0.2, -0.15) is 0 Å². The van der Waals surface area contributed by atoms with Crippen LogP contribution < -0.4 is 0 Å². The van der Waals surface area contributed by atoms with Gasteiger partial charge in [-0.1, -0.05) is 20.8 Å². The topological polar surface area (TPSA) is 107 Å². The van der Waals surface area contributed by atoms with Crippen molar-refractivity contribution in [3.05, 3.63) is 16.7 Å². The van der Waals surface area contributed by atoms with Crippen molar-refractivity contribution in [1.82, 2.24) is 0 Å². The zero-order valence-electron chi connectivity index (χ0n) is 20.3. The molecule has 1 aromatic rings. The third-order valence-electron chi connectivity index (χ3n) is 6.73. The minimum absolute atomic E-state index is 0.00548. The number of hydrogen-bond acceptors (Lipinski definition) is 10. The van der Waals surface area contributed by atoms with E-state index in [0.29, 0.717) is 37.0 Å². The summed E-state index contributed by atoms with van der Waals surface area (Å²) in [5, 5.41) is 39.3. The average Bonchev–Trinajstić information content (AvgIpc) is 3.15. The number of carbonyl (C=O) groups is 1. The molecule has 0 aliphatic carbocycles. The normalized spacial score (nSPS) is 18.5. The van der Waals surface area contributed by atoms with Gasteiger partial charge in [0.1, 0.15) is 0 Å². The Morgan fingerprint density at radius 3 is 1.88 bits per heavy atom. The van der Waals surface area contributed by atoms with Gasteiger partial charge in [-0.3, -0.25) is 0 Å². The highest BCUT2D eigenvalue weighted by molar-refractivity contribution is 8.21. The van der Waals surface area contributed by atoms with Crippen LogP contribution in [-0.2, 0) is 15.9 Å². The van der Waals surface area contributed by atoms with Crippen molar-refractivity contribution >= 4 is 53.0 Å². The van der Waals surface area contributed by atoms with Crippen LogP contribution in [0.25, 0.3) is 0 Å². The van der Waals surface area contributed by atoms with Gasteiger partial charge in [-0.05, 0) is 48.6 Å². The van der Waals surface area contributed by atoms with Crippen molar-refractivity contribution in [2.24, 2.45) is 0 Å². The van der Waals surface area contributed by atoms with Crippen molar-refractivity contribution in [2.45, 2.75) is 86.9 Å². The number of methoxy groups -OCH3 is 1. The predicted octanol–water partition coefficient (Wildman–Crippen LogP) is 4.62. The standard InChI is InChI=1S/C24H36O6S4/c1-5-22(2,3)17-18-15(14-31-23(32-18,6-10-25)7-11-26)16(21(29)30-4)19-20(17)34-24(33-19,8-12-27)9-13-28/h25-28H,5-14H2,1-4H3. The van der Waals surface area contributed by atoms with Gasteiger partial charge in [0, 0.05) is 46.9 Å². The van der Waals surface area contributed by atoms with Gasteiger partial charge < -0.3 is 25.2 Å². The Balaban J connectivity index is 2.33. The number of fused-ring (bicyclic) bond motifs is 2. The Bertz CT molecular complexity index is 892. The number of aliphatic hydroxyl groups is 4. The number of thioether (sulfide) groups is 4. The summed E-state index contributed by atoms with van der Waals surface area (Å²) in [5.41, 5.74) is 2.54. The monoisotopic (exact) mass is 548 g/mol. The molecule has 34 heavy (non-hydrogen) atoms. The Labute approximate surface area is 219 Å². The van der Waals surface area contributed by atoms with E-state index in [0.717, 1.165) is 26.7 Å². The number of hydrogen-bond donors (Lipinski definition) is 4. The van der Waals surface area contributed by atoms with Crippen molar-refractivity contribution in [2.75, 3.05) is 33.5 Å². The van der Waals surface area contributed by atoms with Gasteiger partial charge in [-0.15, -0.1) is 47.0 Å². The molecule has 0 fully saturated rings. The first-order chi connectivity index (χ1) is 16.2. The maximum absolute atomic E-state index is 13.2. The van der Waals surface area contributed by atoms with Crippen molar-refractivity contribution < 1.29 is 30.0 Å². The lowest BCUT2D eigenvalue weighted by Crippen LogP contribution is -2.30. The number of carbonyl (C=O) groups excluding carboxylic acids is 1. The maximum Gasteiger partial charge on any atom is 0.339 e. The Kier molecular flexibility index (Phi) is 9.68. The van der Waals surface area contributed by atoms with Gasteiger partial charge in [-0.25, -0.2) is 4.79 Å². The number of aliphatic hydroxyl groups excluding tert-OH is 4. The summed E-state index contributed by atoms with van der Waals surface area (Å²) in [4.78, 5) is 16.2. The molecule has 2 aliphatic heterocycles. The highest BCUT2D eigenvalue weighted by Gasteiger charge is 2.48. The molecule has 3 rings (SSSR count). The Morgan fingerprint density at radius 1 is 0.882 bits per heavy atom. The van der Waals surface area contributed by atoms with Crippen LogP contribution in [0.3, 0.4) is 0 Å². The SMILES string of the molecule is CCC(C)(C)c1c2c(c(C(=O)OC)c3c1SC(CCO)(CCO)S3)CSC(CCO)(CCO)S2. The fourth-order valence-electron chi connectivity index (χ4n) is 4.48. The molecule has 0 saturated heterocycles. The lowest BCUT2D eigenvalue weighted by molar-refractivity contribution is 0.0594. The Morgan fingerprint density at radius 2 is 1.38 bits per heavy atom. The lowest BCUT2D eigenvalue weighted by Gasteiger charge is -2.41. The quantitative estimate of drug-likeness (QED) is 0.293. The highest BCUT2D eigenvalue weighted by atomic mass is 32.2. The van der Waals surface area contributed by atoms with Crippen LogP contribution in [0.2, 0.25) is 0 Å². The van der Waals surface area contributed by atoms with Crippen LogP contribution in [0.15, 0.2) is 14.7 Å². The molecule has 0 aromatic heterocycles. The zero-order chi connectivity index (χ0) is 25.1. The molecule has 2 heterocycles. The predicted molar refractivity (Wildman–Crippen MR) is 142 cm³/mol. The molecular weight excluding hydrogens is 513 g/mol. The van der Waals surface area contributed by atoms with Crippen LogP contribution in [-0.4, -0.2) is 68.1 Å². The molecule has 0 radical (unpaired) electrons. The summed E-state index contributed by atoms with van der Waals surface area (Å²) in [6.07, 6.45) is 2.97.